The molecule has 0 aliphatic heterocycles. The molecule has 1 aromatic rings. The number of nitrogens with one attached hydrogen (secondary N) is 2. The summed E-state index contributed by atoms with van der Waals surface area (Å²) in [5, 5.41) is 2.88. The maximum Gasteiger partial charge on any atom is 0.271 e. The highest BCUT2D eigenvalue weighted by atomic mass is 16.1. The van der Waals surface area contributed by atoms with E-state index in [0.717, 1.165) is 0 Å². The molecule has 0 radical (unpaired) electrons. The number of anilines is 1. The van der Waals surface area contributed by atoms with E-state index in [-0.39, 0.29) is 17.0 Å². The van der Waals surface area contributed by atoms with Crippen LogP contribution >= 0.6 is 0 Å². The second-order valence-corrected chi connectivity index (χ2v) is 4.78. The Morgan fingerprint density at radius 1 is 1.53 bits per heavy atom. The molecule has 6 nitrogen and oxygen atoms in total. The van der Waals surface area contributed by atoms with Crippen LogP contribution in [0.15, 0.2) is 12.4 Å². The summed E-state index contributed by atoms with van der Waals surface area (Å²) in [6.45, 7) is 2.87. The van der Waals surface area contributed by atoms with Gasteiger partial charge < -0.3 is 10.7 Å². The van der Waals surface area contributed by atoms with Gasteiger partial charge in [0.2, 0.25) is 0 Å². The molecule has 1 aromatic heterocycles. The summed E-state index contributed by atoms with van der Waals surface area (Å²) in [5.41, 5.74) is 2.90. The summed E-state index contributed by atoms with van der Waals surface area (Å²) < 4.78 is 0. The van der Waals surface area contributed by atoms with Gasteiger partial charge in [-0.3, -0.25) is 9.78 Å². The lowest BCUT2D eigenvalue weighted by molar-refractivity contribution is 0.0885. The molecule has 0 atom stereocenters. The van der Waals surface area contributed by atoms with Crippen molar-refractivity contribution in [3.05, 3.63) is 18.1 Å². The smallest absolute Gasteiger partial charge is 0.271 e. The normalized spacial score (nSPS) is 17.1. The van der Waals surface area contributed by atoms with E-state index < -0.39 is 0 Å². The van der Waals surface area contributed by atoms with Crippen LogP contribution in [0.3, 0.4) is 0 Å². The topological polar surface area (TPSA) is 92.9 Å². The van der Waals surface area contributed by atoms with Gasteiger partial charge in [-0.15, -0.1) is 0 Å². The lowest BCUT2D eigenvalue weighted by Gasteiger charge is -2.38. The largest absolute Gasteiger partial charge is 0.350 e. The van der Waals surface area contributed by atoms with Crippen LogP contribution in [-0.2, 0) is 0 Å². The molecule has 0 unspecified atom stereocenters. The molecule has 6 heteroatoms. The molecule has 4 N–H and O–H groups in total. The zero-order valence-electron chi connectivity index (χ0n) is 9.86. The van der Waals surface area contributed by atoms with Gasteiger partial charge in [0.25, 0.3) is 5.91 Å². The molecule has 1 saturated carbocycles. The summed E-state index contributed by atoms with van der Waals surface area (Å²) in [4.78, 5) is 19.7. The van der Waals surface area contributed by atoms with Gasteiger partial charge in [0.15, 0.2) is 5.82 Å². The van der Waals surface area contributed by atoms with Crippen LogP contribution in [0.1, 0.15) is 36.7 Å². The molecular weight excluding hydrogens is 218 g/mol. The molecule has 0 spiro atoms. The highest BCUT2D eigenvalue weighted by Gasteiger charge is 2.32. The molecule has 92 valence electrons. The first kappa shape index (κ1) is 11.8. The van der Waals surface area contributed by atoms with Crippen LogP contribution < -0.4 is 16.6 Å². The van der Waals surface area contributed by atoms with Crippen molar-refractivity contribution < 1.29 is 4.79 Å². The van der Waals surface area contributed by atoms with Gasteiger partial charge in [0, 0.05) is 6.54 Å². The van der Waals surface area contributed by atoms with Crippen molar-refractivity contribution in [2.24, 2.45) is 11.3 Å². The van der Waals surface area contributed by atoms with Crippen molar-refractivity contribution in [2.75, 3.05) is 12.0 Å². The number of carbonyl (C=O) groups excluding carboxylic acids is 1. The Morgan fingerprint density at radius 3 is 2.88 bits per heavy atom. The third kappa shape index (κ3) is 2.71. The zero-order valence-corrected chi connectivity index (χ0v) is 9.86. The number of nitrogen functional groups attached to an aromatic ring is 1. The minimum atomic E-state index is -0.206. The quantitative estimate of drug-likeness (QED) is 0.527. The van der Waals surface area contributed by atoms with E-state index in [0.29, 0.717) is 12.4 Å². The second kappa shape index (κ2) is 4.67. The Kier molecular flexibility index (Phi) is 3.23. The summed E-state index contributed by atoms with van der Waals surface area (Å²) >= 11 is 0. The predicted molar refractivity (Wildman–Crippen MR) is 64.1 cm³/mol. The zero-order chi connectivity index (χ0) is 12.3. The number of amides is 1. The van der Waals surface area contributed by atoms with E-state index >= 15 is 0 Å². The highest BCUT2D eigenvalue weighted by molar-refractivity contribution is 5.92. The second-order valence-electron chi connectivity index (χ2n) is 4.78. The number of aromatic nitrogens is 2. The Balaban J connectivity index is 1.94. The molecular formula is C11H17N5O. The van der Waals surface area contributed by atoms with Crippen LogP contribution in [0.2, 0.25) is 0 Å². The summed E-state index contributed by atoms with van der Waals surface area (Å²) in [7, 11) is 0. The van der Waals surface area contributed by atoms with E-state index in [2.05, 4.69) is 27.6 Å². The van der Waals surface area contributed by atoms with E-state index in [4.69, 9.17) is 5.84 Å². The van der Waals surface area contributed by atoms with Gasteiger partial charge in [-0.25, -0.2) is 10.8 Å². The van der Waals surface area contributed by atoms with Crippen LogP contribution in [-0.4, -0.2) is 22.4 Å². The number of hydrogen-bond donors (Lipinski definition) is 3. The number of carbonyl (C=O) groups is 1. The number of hydrazine groups is 1. The Bertz CT molecular complexity index is 416. The fraction of sp³-hybridized carbons (Fsp3) is 0.545. The lowest BCUT2D eigenvalue weighted by Crippen LogP contribution is -2.40. The first-order valence-electron chi connectivity index (χ1n) is 5.70. The average molecular weight is 235 g/mol. The minimum absolute atomic E-state index is 0.206. The first-order valence-corrected chi connectivity index (χ1v) is 5.70. The number of nitrogens with zero attached hydrogens (tertiary/aromatic N) is 2. The van der Waals surface area contributed by atoms with E-state index in [1.165, 1.54) is 31.7 Å². The fourth-order valence-electron chi connectivity index (χ4n) is 1.89. The summed E-state index contributed by atoms with van der Waals surface area (Å²) in [5.74, 6) is 5.38. The number of nitrogens with two attached hydrogens (primary N) is 1. The van der Waals surface area contributed by atoms with Crippen molar-refractivity contribution in [3.8, 4) is 0 Å². The van der Waals surface area contributed by atoms with Crippen LogP contribution in [0, 0.1) is 5.41 Å². The molecule has 1 aliphatic carbocycles. The predicted octanol–water partition coefficient (Wildman–Crippen LogP) is 0.682. The van der Waals surface area contributed by atoms with Crippen molar-refractivity contribution in [3.63, 3.8) is 0 Å². The standard InChI is InChI=1S/C11H17N5O/c1-11(3-2-4-11)7-14-10(17)8-5-13-6-9(15-8)16-12/h5-6H,2-4,7,12H2,1H3,(H,14,17)(H,15,16). The van der Waals surface area contributed by atoms with Gasteiger partial charge >= 0.3 is 0 Å². The lowest BCUT2D eigenvalue weighted by atomic mass is 9.70. The molecule has 1 fully saturated rings. The molecule has 2 rings (SSSR count). The average Bonchev–Trinajstić information content (AvgIpc) is 2.33. The first-order chi connectivity index (χ1) is 8.13. The maximum absolute atomic E-state index is 11.8. The highest BCUT2D eigenvalue weighted by Crippen LogP contribution is 2.39. The van der Waals surface area contributed by atoms with Gasteiger partial charge in [0.1, 0.15) is 5.69 Å². The molecule has 0 bridgehead atoms. The van der Waals surface area contributed by atoms with Gasteiger partial charge in [-0.05, 0) is 18.3 Å². The van der Waals surface area contributed by atoms with E-state index in [9.17, 15) is 4.79 Å². The van der Waals surface area contributed by atoms with E-state index in [1.54, 1.807) is 0 Å². The van der Waals surface area contributed by atoms with Crippen LogP contribution in [0.4, 0.5) is 5.82 Å². The molecule has 1 aliphatic rings. The van der Waals surface area contributed by atoms with Crippen molar-refractivity contribution in [1.82, 2.24) is 15.3 Å². The molecule has 17 heavy (non-hydrogen) atoms. The molecule has 1 amide bonds. The van der Waals surface area contributed by atoms with Gasteiger partial charge in [-0.1, -0.05) is 13.3 Å². The van der Waals surface area contributed by atoms with Crippen molar-refractivity contribution in [2.45, 2.75) is 26.2 Å². The summed E-state index contributed by atoms with van der Waals surface area (Å²) in [6, 6.07) is 0. The Hall–Kier alpha value is -1.69. The van der Waals surface area contributed by atoms with Crippen molar-refractivity contribution in [1.29, 1.82) is 0 Å². The third-order valence-corrected chi connectivity index (χ3v) is 3.25. The van der Waals surface area contributed by atoms with Gasteiger partial charge in [0.05, 0.1) is 12.4 Å². The Labute approximate surface area is 100.0 Å². The van der Waals surface area contributed by atoms with Crippen molar-refractivity contribution >= 4 is 11.7 Å². The number of hydrogen-bond acceptors (Lipinski definition) is 5. The SMILES string of the molecule is CC1(CNC(=O)c2cncc(NN)n2)CCC1. The molecule has 1 heterocycles. The summed E-state index contributed by atoms with van der Waals surface area (Å²) in [6.07, 6.45) is 6.48. The van der Waals surface area contributed by atoms with Crippen LogP contribution in [0.5, 0.6) is 0 Å². The van der Waals surface area contributed by atoms with Crippen LogP contribution in [0.25, 0.3) is 0 Å². The monoisotopic (exact) mass is 235 g/mol. The molecule has 0 aromatic carbocycles. The Morgan fingerprint density at radius 2 is 2.29 bits per heavy atom. The third-order valence-electron chi connectivity index (χ3n) is 3.25. The fourth-order valence-corrected chi connectivity index (χ4v) is 1.89. The molecule has 0 saturated heterocycles. The number of rotatable bonds is 4. The maximum atomic E-state index is 11.8. The van der Waals surface area contributed by atoms with E-state index in [1.807, 2.05) is 0 Å². The van der Waals surface area contributed by atoms with Gasteiger partial charge in [-0.2, -0.15) is 0 Å². The minimum Gasteiger partial charge on any atom is -0.350 e.